The minimum Gasteiger partial charge on any atom is -0.331 e. The highest BCUT2D eigenvalue weighted by Crippen LogP contribution is 2.29. The second kappa shape index (κ2) is 6.86. The number of rotatable bonds is 5. The Morgan fingerprint density at radius 2 is 1.91 bits per heavy atom. The van der Waals surface area contributed by atoms with E-state index >= 15 is 0 Å². The van der Waals surface area contributed by atoms with E-state index in [1.165, 1.54) is 30.5 Å². The SMILES string of the molecule is Cn1ccnc1C(=O)c1ccc(NC(=O)CSC(F)(F)F)cc1. The molecule has 0 aliphatic carbocycles. The molecule has 0 radical (unpaired) electrons. The van der Waals surface area contributed by atoms with Crippen LogP contribution in [0.3, 0.4) is 0 Å². The van der Waals surface area contributed by atoms with Crippen LogP contribution in [-0.2, 0) is 11.8 Å². The number of ketones is 1. The summed E-state index contributed by atoms with van der Waals surface area (Å²) in [6, 6.07) is 5.85. The molecule has 0 aliphatic heterocycles. The van der Waals surface area contributed by atoms with Gasteiger partial charge in [0.25, 0.3) is 0 Å². The zero-order valence-electron chi connectivity index (χ0n) is 11.9. The number of carbonyl (C=O) groups is 2. The van der Waals surface area contributed by atoms with Crippen LogP contribution in [0.5, 0.6) is 0 Å². The summed E-state index contributed by atoms with van der Waals surface area (Å²) in [5.41, 5.74) is -3.77. The molecule has 0 fully saturated rings. The molecular formula is C14H12F3N3O2S. The molecular weight excluding hydrogens is 331 g/mol. The van der Waals surface area contributed by atoms with Gasteiger partial charge in [-0.3, -0.25) is 9.59 Å². The fourth-order valence-electron chi connectivity index (χ4n) is 1.76. The van der Waals surface area contributed by atoms with Gasteiger partial charge in [0.05, 0.1) is 5.75 Å². The number of nitrogens with one attached hydrogen (secondary N) is 1. The summed E-state index contributed by atoms with van der Waals surface area (Å²) < 4.78 is 37.6. The maximum Gasteiger partial charge on any atom is 0.442 e. The molecule has 1 N–H and O–H groups in total. The fourth-order valence-corrected chi connectivity index (χ4v) is 2.13. The topological polar surface area (TPSA) is 64.0 Å². The van der Waals surface area contributed by atoms with Crippen LogP contribution in [-0.4, -0.2) is 32.5 Å². The van der Waals surface area contributed by atoms with E-state index in [9.17, 15) is 22.8 Å². The van der Waals surface area contributed by atoms with Gasteiger partial charge < -0.3 is 9.88 Å². The maximum atomic E-state index is 12.2. The van der Waals surface area contributed by atoms with Crippen LogP contribution >= 0.6 is 11.8 Å². The van der Waals surface area contributed by atoms with Gasteiger partial charge in [-0.1, -0.05) is 0 Å². The van der Waals surface area contributed by atoms with Gasteiger partial charge in [-0.05, 0) is 36.0 Å². The van der Waals surface area contributed by atoms with Crippen molar-refractivity contribution in [3.63, 3.8) is 0 Å². The minimum absolute atomic E-state index is 0.267. The van der Waals surface area contributed by atoms with Gasteiger partial charge in [-0.25, -0.2) is 4.98 Å². The Bertz CT molecular complexity index is 711. The van der Waals surface area contributed by atoms with E-state index in [-0.39, 0.29) is 11.6 Å². The van der Waals surface area contributed by atoms with Crippen LogP contribution in [0.4, 0.5) is 18.9 Å². The first-order chi connectivity index (χ1) is 10.8. The Morgan fingerprint density at radius 1 is 1.26 bits per heavy atom. The molecule has 1 aromatic carbocycles. The first-order valence-corrected chi connectivity index (χ1v) is 7.37. The molecule has 0 aliphatic rings. The number of imidazole rings is 1. The number of aromatic nitrogens is 2. The van der Waals surface area contributed by atoms with Gasteiger partial charge in [0.1, 0.15) is 0 Å². The Balaban J connectivity index is 1.98. The number of amides is 1. The van der Waals surface area contributed by atoms with Gasteiger partial charge >= 0.3 is 5.51 Å². The van der Waals surface area contributed by atoms with E-state index < -0.39 is 28.9 Å². The smallest absolute Gasteiger partial charge is 0.331 e. The van der Waals surface area contributed by atoms with Crippen LogP contribution in [0.15, 0.2) is 36.7 Å². The maximum absolute atomic E-state index is 12.2. The van der Waals surface area contributed by atoms with Crippen molar-refractivity contribution in [3.8, 4) is 0 Å². The molecule has 0 atom stereocenters. The summed E-state index contributed by atoms with van der Waals surface area (Å²) in [7, 11) is 1.69. The monoisotopic (exact) mass is 343 g/mol. The molecule has 2 aromatic rings. The summed E-state index contributed by atoms with van der Waals surface area (Å²) in [6.07, 6.45) is 3.14. The van der Waals surface area contributed by atoms with Gasteiger partial charge in [0, 0.05) is 30.7 Å². The van der Waals surface area contributed by atoms with Crippen molar-refractivity contribution in [3.05, 3.63) is 48.0 Å². The number of thioether (sulfide) groups is 1. The number of anilines is 1. The van der Waals surface area contributed by atoms with Crippen molar-refractivity contribution in [1.82, 2.24) is 9.55 Å². The van der Waals surface area contributed by atoms with Crippen molar-refractivity contribution in [2.75, 3.05) is 11.1 Å². The number of nitrogens with zero attached hydrogens (tertiary/aromatic N) is 2. The molecule has 122 valence electrons. The number of carbonyl (C=O) groups excluding carboxylic acids is 2. The van der Waals surface area contributed by atoms with Crippen LogP contribution in [0.2, 0.25) is 0 Å². The lowest BCUT2D eigenvalue weighted by atomic mass is 10.1. The molecule has 0 saturated carbocycles. The lowest BCUT2D eigenvalue weighted by Crippen LogP contribution is -2.17. The molecule has 0 bridgehead atoms. The van der Waals surface area contributed by atoms with E-state index in [0.717, 1.165) is 0 Å². The number of hydrogen-bond acceptors (Lipinski definition) is 4. The zero-order chi connectivity index (χ0) is 17.0. The minimum atomic E-state index is -4.45. The Morgan fingerprint density at radius 3 is 2.43 bits per heavy atom. The van der Waals surface area contributed by atoms with E-state index in [2.05, 4.69) is 10.3 Å². The highest BCUT2D eigenvalue weighted by atomic mass is 32.2. The van der Waals surface area contributed by atoms with Crippen molar-refractivity contribution in [1.29, 1.82) is 0 Å². The quantitative estimate of drug-likeness (QED) is 0.848. The third kappa shape index (κ3) is 4.85. The van der Waals surface area contributed by atoms with Gasteiger partial charge in [-0.15, -0.1) is 0 Å². The summed E-state index contributed by atoms with van der Waals surface area (Å²) in [5, 5.41) is 2.33. The average molecular weight is 343 g/mol. The normalized spacial score (nSPS) is 11.3. The number of halogens is 3. The first kappa shape index (κ1) is 17.1. The van der Waals surface area contributed by atoms with E-state index in [1.807, 2.05) is 0 Å². The molecule has 1 heterocycles. The number of aryl methyl sites for hydroxylation is 1. The predicted molar refractivity (Wildman–Crippen MR) is 80.2 cm³/mol. The van der Waals surface area contributed by atoms with Crippen LogP contribution < -0.4 is 5.32 Å². The molecule has 0 unspecified atom stereocenters. The first-order valence-electron chi connectivity index (χ1n) is 6.39. The Kier molecular flexibility index (Phi) is 5.09. The Hall–Kier alpha value is -2.29. The molecule has 0 spiro atoms. The van der Waals surface area contributed by atoms with E-state index in [4.69, 9.17) is 0 Å². The lowest BCUT2D eigenvalue weighted by molar-refractivity contribution is -0.114. The van der Waals surface area contributed by atoms with Crippen LogP contribution in [0.1, 0.15) is 16.2 Å². The number of benzene rings is 1. The second-order valence-corrected chi connectivity index (χ2v) is 5.59. The summed E-state index contributed by atoms with van der Waals surface area (Å²) >= 11 is -0.408. The van der Waals surface area contributed by atoms with Crippen molar-refractivity contribution >= 4 is 29.1 Å². The van der Waals surface area contributed by atoms with Crippen molar-refractivity contribution < 1.29 is 22.8 Å². The Labute approximate surface area is 133 Å². The van der Waals surface area contributed by atoms with E-state index in [0.29, 0.717) is 11.3 Å². The molecule has 23 heavy (non-hydrogen) atoms. The highest BCUT2D eigenvalue weighted by molar-refractivity contribution is 8.00. The number of alkyl halides is 3. The van der Waals surface area contributed by atoms with Gasteiger partial charge in [0.2, 0.25) is 11.7 Å². The van der Waals surface area contributed by atoms with Crippen molar-refractivity contribution in [2.45, 2.75) is 5.51 Å². The standard InChI is InChI=1S/C14H12F3N3O2S/c1-20-7-6-18-13(20)12(22)9-2-4-10(5-3-9)19-11(21)8-23-14(15,16)17/h2-7H,8H2,1H3,(H,19,21). The third-order valence-corrected chi connectivity index (χ3v) is 3.56. The molecule has 2 rings (SSSR count). The summed E-state index contributed by atoms with van der Waals surface area (Å²) in [5.74, 6) is -1.51. The molecule has 9 heteroatoms. The lowest BCUT2D eigenvalue weighted by Gasteiger charge is -2.07. The average Bonchev–Trinajstić information content (AvgIpc) is 2.91. The summed E-state index contributed by atoms with van der Waals surface area (Å²) in [4.78, 5) is 27.5. The van der Waals surface area contributed by atoms with Crippen LogP contribution in [0, 0.1) is 0 Å². The highest BCUT2D eigenvalue weighted by Gasteiger charge is 2.29. The van der Waals surface area contributed by atoms with Gasteiger partial charge in [-0.2, -0.15) is 13.2 Å². The van der Waals surface area contributed by atoms with Gasteiger partial charge in [0.15, 0.2) is 5.82 Å². The fraction of sp³-hybridized carbons (Fsp3) is 0.214. The largest absolute Gasteiger partial charge is 0.442 e. The van der Waals surface area contributed by atoms with E-state index in [1.54, 1.807) is 17.8 Å². The molecule has 5 nitrogen and oxygen atoms in total. The van der Waals surface area contributed by atoms with Crippen LogP contribution in [0.25, 0.3) is 0 Å². The molecule has 0 saturated heterocycles. The zero-order valence-corrected chi connectivity index (χ0v) is 12.7. The number of hydrogen-bond donors (Lipinski definition) is 1. The predicted octanol–water partition coefficient (Wildman–Crippen LogP) is 2.84. The second-order valence-electron chi connectivity index (χ2n) is 4.55. The summed E-state index contributed by atoms with van der Waals surface area (Å²) in [6.45, 7) is 0. The molecule has 1 aromatic heterocycles. The van der Waals surface area contributed by atoms with Crippen molar-refractivity contribution in [2.24, 2.45) is 7.05 Å². The third-order valence-electron chi connectivity index (χ3n) is 2.82. The molecule has 1 amide bonds.